The maximum Gasteiger partial charge on any atom is 0.263 e. The Morgan fingerprint density at radius 2 is 1.61 bits per heavy atom. The van der Waals surface area contributed by atoms with Gasteiger partial charge in [-0.3, -0.25) is 0 Å². The van der Waals surface area contributed by atoms with Gasteiger partial charge in [-0.25, -0.2) is 0 Å². The second-order valence-corrected chi connectivity index (χ2v) is 11.2. The number of hydrogen-bond acceptors (Lipinski definition) is 5. The smallest absolute Gasteiger partial charge is 0.263 e. The third-order valence-corrected chi connectivity index (χ3v) is 8.72. The van der Waals surface area contributed by atoms with E-state index in [2.05, 4.69) is 107 Å². The van der Waals surface area contributed by atoms with Crippen molar-refractivity contribution in [1.82, 2.24) is 5.32 Å². The molecule has 1 aromatic heterocycles. The van der Waals surface area contributed by atoms with E-state index in [0.717, 1.165) is 35.7 Å². The fourth-order valence-corrected chi connectivity index (χ4v) is 6.60. The lowest BCUT2D eigenvalue weighted by atomic mass is 9.99. The number of allylic oxidation sites excluding steroid dienone is 2. The maximum atomic E-state index is 5.67. The van der Waals surface area contributed by atoms with Gasteiger partial charge in [-0.05, 0) is 65.7 Å². The quantitative estimate of drug-likeness (QED) is 0.204. The summed E-state index contributed by atoms with van der Waals surface area (Å²) in [5, 5.41) is 4.40. The summed E-state index contributed by atoms with van der Waals surface area (Å²) in [4.78, 5) is 2.33. The van der Waals surface area contributed by atoms with E-state index >= 15 is 0 Å². The molecule has 1 aliphatic heterocycles. The highest BCUT2D eigenvalue weighted by atomic mass is 32.1. The number of thiazole rings is 1. The minimum Gasteiger partial charge on any atom is -0.496 e. The molecule has 0 fully saturated rings. The lowest BCUT2D eigenvalue weighted by molar-refractivity contribution is -0.642. The van der Waals surface area contributed by atoms with E-state index in [-0.39, 0.29) is 0 Å². The van der Waals surface area contributed by atoms with Crippen molar-refractivity contribution in [3.63, 3.8) is 0 Å². The summed E-state index contributed by atoms with van der Waals surface area (Å²) in [6.45, 7) is 1.71. The highest BCUT2D eigenvalue weighted by Crippen LogP contribution is 2.40. The Bertz CT molecular complexity index is 1750. The van der Waals surface area contributed by atoms with Gasteiger partial charge < -0.3 is 19.7 Å². The zero-order valence-corrected chi connectivity index (χ0v) is 24.7. The van der Waals surface area contributed by atoms with Crippen LogP contribution < -0.4 is 24.3 Å². The highest BCUT2D eigenvalue weighted by molar-refractivity contribution is 7.19. The molecule has 206 valence electrons. The molecular formula is C35H34N3O2S+. The van der Waals surface area contributed by atoms with Gasteiger partial charge in [0.15, 0.2) is 0 Å². The Balaban J connectivity index is 1.34. The Kier molecular flexibility index (Phi) is 7.59. The molecule has 4 aromatic carbocycles. The fraction of sp³-hybridized carbons (Fsp3) is 0.171. The Morgan fingerprint density at radius 1 is 0.878 bits per heavy atom. The van der Waals surface area contributed by atoms with Crippen molar-refractivity contribution < 1.29 is 14.0 Å². The second-order valence-electron chi connectivity index (χ2n) is 10.1. The number of nitrogens with one attached hydrogen (secondary N) is 1. The van der Waals surface area contributed by atoms with Crippen molar-refractivity contribution in [2.45, 2.75) is 13.1 Å². The van der Waals surface area contributed by atoms with Crippen molar-refractivity contribution >= 4 is 38.9 Å². The van der Waals surface area contributed by atoms with Crippen LogP contribution in [0.5, 0.6) is 11.5 Å². The van der Waals surface area contributed by atoms with E-state index in [0.29, 0.717) is 0 Å². The standard InChI is InChI=1S/C35H34N3O2S/c1-36-22-24-12-14-25(15-13-24)23-38-19-18-26(28-8-5-6-9-29(28)38)21-34-37(2)30-17-16-27(20-33(30)41-34)35-31(39-3)10-7-11-32(35)40-4/h5-21,36H,22-23H2,1-4H3/q+1. The van der Waals surface area contributed by atoms with E-state index in [1.807, 2.05) is 25.2 Å². The average molecular weight is 561 g/mol. The summed E-state index contributed by atoms with van der Waals surface area (Å²) >= 11 is 1.79. The van der Waals surface area contributed by atoms with Gasteiger partial charge >= 0.3 is 0 Å². The van der Waals surface area contributed by atoms with Gasteiger partial charge in [0, 0.05) is 42.7 Å². The van der Waals surface area contributed by atoms with Gasteiger partial charge in [-0.2, -0.15) is 4.57 Å². The fourth-order valence-electron chi connectivity index (χ4n) is 5.46. The summed E-state index contributed by atoms with van der Waals surface area (Å²) < 4.78 is 14.8. The first-order valence-electron chi connectivity index (χ1n) is 13.7. The molecule has 6 rings (SSSR count). The molecule has 41 heavy (non-hydrogen) atoms. The average Bonchev–Trinajstić information content (AvgIpc) is 3.32. The number of aromatic nitrogens is 1. The third-order valence-electron chi connectivity index (χ3n) is 7.58. The van der Waals surface area contributed by atoms with Gasteiger partial charge in [0.25, 0.3) is 5.01 Å². The van der Waals surface area contributed by atoms with Crippen molar-refractivity contribution in [3.05, 3.63) is 119 Å². The molecule has 0 spiro atoms. The molecule has 0 aliphatic carbocycles. The maximum absolute atomic E-state index is 5.67. The van der Waals surface area contributed by atoms with Crippen molar-refractivity contribution in [3.8, 4) is 22.6 Å². The number of methoxy groups -OCH3 is 2. The molecular weight excluding hydrogens is 526 g/mol. The molecule has 5 aromatic rings. The number of fused-ring (bicyclic) bond motifs is 2. The first-order chi connectivity index (χ1) is 20.1. The summed E-state index contributed by atoms with van der Waals surface area (Å²) in [6, 6.07) is 30.0. The predicted octanol–water partition coefficient (Wildman–Crippen LogP) is 7.20. The van der Waals surface area contributed by atoms with Gasteiger partial charge in [0.1, 0.15) is 23.2 Å². The molecule has 2 heterocycles. The number of benzene rings is 4. The number of ether oxygens (including phenoxy) is 2. The normalized spacial score (nSPS) is 13.6. The van der Waals surface area contributed by atoms with E-state index in [4.69, 9.17) is 9.47 Å². The topological polar surface area (TPSA) is 37.6 Å². The summed E-state index contributed by atoms with van der Waals surface area (Å²) in [5.74, 6) is 1.60. The molecule has 0 unspecified atom stereocenters. The van der Waals surface area contributed by atoms with Gasteiger partial charge in [0.05, 0.1) is 19.8 Å². The molecule has 5 nitrogen and oxygen atoms in total. The lowest BCUT2D eigenvalue weighted by Gasteiger charge is -2.27. The van der Waals surface area contributed by atoms with Gasteiger partial charge in [-0.1, -0.05) is 59.9 Å². The number of anilines is 1. The molecule has 0 atom stereocenters. The first-order valence-corrected chi connectivity index (χ1v) is 14.5. The van der Waals surface area contributed by atoms with Crippen molar-refractivity contribution in [1.29, 1.82) is 0 Å². The van der Waals surface area contributed by atoms with Crippen LogP contribution in [0.15, 0.2) is 97.2 Å². The van der Waals surface area contributed by atoms with E-state index in [1.165, 1.54) is 43.2 Å². The summed E-state index contributed by atoms with van der Waals surface area (Å²) in [7, 11) is 7.51. The Morgan fingerprint density at radius 3 is 2.34 bits per heavy atom. The lowest BCUT2D eigenvalue weighted by Crippen LogP contribution is -2.29. The minimum atomic E-state index is 0.800. The molecule has 0 radical (unpaired) electrons. The second kappa shape index (κ2) is 11.6. The number of nitrogens with zero attached hydrogens (tertiary/aromatic N) is 2. The largest absolute Gasteiger partial charge is 0.496 e. The number of rotatable bonds is 8. The number of aryl methyl sites for hydroxylation is 1. The number of para-hydroxylation sites is 1. The molecule has 1 aliphatic rings. The third kappa shape index (κ3) is 5.24. The molecule has 0 bridgehead atoms. The zero-order valence-electron chi connectivity index (χ0n) is 23.8. The predicted molar refractivity (Wildman–Crippen MR) is 170 cm³/mol. The van der Waals surface area contributed by atoms with E-state index in [9.17, 15) is 0 Å². The van der Waals surface area contributed by atoms with Gasteiger partial charge in [-0.15, -0.1) is 0 Å². The minimum absolute atomic E-state index is 0.800. The van der Waals surface area contributed by atoms with Crippen LogP contribution in [0.1, 0.15) is 21.7 Å². The van der Waals surface area contributed by atoms with Crippen LogP contribution in [0.4, 0.5) is 5.69 Å². The number of hydrogen-bond donors (Lipinski definition) is 1. The van der Waals surface area contributed by atoms with Crippen LogP contribution in [-0.4, -0.2) is 21.3 Å². The van der Waals surface area contributed by atoms with Crippen LogP contribution in [0, 0.1) is 0 Å². The molecule has 0 saturated heterocycles. The summed E-state index contributed by atoms with van der Waals surface area (Å²) in [5.41, 5.74) is 9.47. The van der Waals surface area contributed by atoms with Crippen LogP contribution in [0.25, 0.3) is 33.0 Å². The monoisotopic (exact) mass is 560 g/mol. The zero-order chi connectivity index (χ0) is 28.3. The molecule has 6 heteroatoms. The summed E-state index contributed by atoms with van der Waals surface area (Å²) in [6.07, 6.45) is 6.73. The molecule has 0 amide bonds. The van der Waals surface area contributed by atoms with Crippen molar-refractivity contribution in [2.24, 2.45) is 7.05 Å². The Hall–Kier alpha value is -4.39. The van der Waals surface area contributed by atoms with E-state index in [1.54, 1.807) is 25.6 Å². The van der Waals surface area contributed by atoms with Crippen molar-refractivity contribution in [2.75, 3.05) is 26.2 Å². The molecule has 0 saturated carbocycles. The van der Waals surface area contributed by atoms with Crippen LogP contribution >= 0.6 is 11.3 Å². The Labute approximate surface area is 245 Å². The van der Waals surface area contributed by atoms with E-state index < -0.39 is 0 Å². The highest BCUT2D eigenvalue weighted by Gasteiger charge is 2.22. The van der Waals surface area contributed by atoms with Crippen LogP contribution in [0.3, 0.4) is 0 Å². The van der Waals surface area contributed by atoms with Crippen LogP contribution in [-0.2, 0) is 20.1 Å². The first kappa shape index (κ1) is 26.8. The van der Waals surface area contributed by atoms with Crippen LogP contribution in [0.2, 0.25) is 0 Å². The van der Waals surface area contributed by atoms with Gasteiger partial charge in [0.2, 0.25) is 5.52 Å². The SMILES string of the molecule is CNCc1ccc(CN2C=CC(=Cc3sc4cc(-c5c(OC)cccc5OC)ccc4[n+]3C)c3ccccc32)cc1. The molecule has 1 N–H and O–H groups in total.